The molecule has 0 bridgehead atoms. The molecule has 2 saturated heterocycles. The van der Waals surface area contributed by atoms with Gasteiger partial charge in [-0.25, -0.2) is 9.18 Å². The number of halogens is 1. The lowest BCUT2D eigenvalue weighted by Crippen LogP contribution is -2.40. The van der Waals surface area contributed by atoms with Crippen molar-refractivity contribution in [2.45, 2.75) is 38.0 Å². The van der Waals surface area contributed by atoms with Crippen LogP contribution in [0.4, 0.5) is 9.18 Å². The van der Waals surface area contributed by atoms with Crippen molar-refractivity contribution in [3.05, 3.63) is 35.6 Å². The molecule has 2 fully saturated rings. The summed E-state index contributed by atoms with van der Waals surface area (Å²) in [4.78, 5) is 27.2. The van der Waals surface area contributed by atoms with E-state index in [0.717, 1.165) is 17.7 Å². The van der Waals surface area contributed by atoms with Crippen molar-refractivity contribution in [3.8, 4) is 0 Å². The summed E-state index contributed by atoms with van der Waals surface area (Å²) in [6.45, 7) is 0.448. The SMILES string of the molecule is O=C1[C@@H]2CCCCN2C(=O)N1C[C@H](O)COCc1ccccc1F. The number of urea groups is 1. The fraction of sp³-hybridized carbons (Fsp3) is 0.529. The number of carbonyl (C=O) groups excluding carboxylic acids is 2. The Morgan fingerprint density at radius 3 is 2.83 bits per heavy atom. The smallest absolute Gasteiger partial charge is 0.327 e. The highest BCUT2D eigenvalue weighted by Crippen LogP contribution is 2.26. The van der Waals surface area contributed by atoms with Crippen molar-refractivity contribution in [1.29, 1.82) is 0 Å². The van der Waals surface area contributed by atoms with Crippen molar-refractivity contribution in [1.82, 2.24) is 9.80 Å². The quantitative estimate of drug-likeness (QED) is 0.800. The topological polar surface area (TPSA) is 70.1 Å². The highest BCUT2D eigenvalue weighted by atomic mass is 19.1. The second-order valence-corrected chi connectivity index (χ2v) is 6.20. The Labute approximate surface area is 139 Å². The van der Waals surface area contributed by atoms with Crippen LogP contribution in [0.3, 0.4) is 0 Å². The van der Waals surface area contributed by atoms with E-state index in [-0.39, 0.29) is 43.6 Å². The number of hydrogen-bond donors (Lipinski definition) is 1. The molecule has 0 aromatic heterocycles. The van der Waals surface area contributed by atoms with Gasteiger partial charge in [-0.1, -0.05) is 18.2 Å². The zero-order chi connectivity index (χ0) is 17.1. The molecule has 0 unspecified atom stereocenters. The van der Waals surface area contributed by atoms with Crippen LogP contribution in [0.25, 0.3) is 0 Å². The summed E-state index contributed by atoms with van der Waals surface area (Å²) in [6, 6.07) is 5.53. The second-order valence-electron chi connectivity index (χ2n) is 6.20. The maximum absolute atomic E-state index is 13.5. The molecule has 2 aliphatic rings. The number of carbonyl (C=O) groups is 2. The average Bonchev–Trinajstić information content (AvgIpc) is 2.82. The largest absolute Gasteiger partial charge is 0.389 e. The van der Waals surface area contributed by atoms with E-state index >= 15 is 0 Å². The number of piperidine rings is 1. The van der Waals surface area contributed by atoms with Gasteiger partial charge in [0.2, 0.25) is 0 Å². The summed E-state index contributed by atoms with van der Waals surface area (Å²) in [7, 11) is 0. The van der Waals surface area contributed by atoms with Gasteiger partial charge >= 0.3 is 6.03 Å². The Kier molecular flexibility index (Phi) is 5.11. The summed E-state index contributed by atoms with van der Waals surface area (Å²) in [5.41, 5.74) is 0.398. The van der Waals surface area contributed by atoms with Crippen LogP contribution in [-0.4, -0.2) is 58.7 Å². The minimum absolute atomic E-state index is 0.0282. The zero-order valence-electron chi connectivity index (χ0n) is 13.4. The maximum Gasteiger partial charge on any atom is 0.327 e. The third-order valence-electron chi connectivity index (χ3n) is 4.45. The van der Waals surface area contributed by atoms with E-state index < -0.39 is 6.10 Å². The van der Waals surface area contributed by atoms with Crippen LogP contribution in [0.15, 0.2) is 24.3 Å². The lowest BCUT2D eigenvalue weighted by atomic mass is 10.0. The van der Waals surface area contributed by atoms with Crippen LogP contribution in [0, 0.1) is 5.82 Å². The minimum Gasteiger partial charge on any atom is -0.389 e. The number of nitrogens with zero attached hydrogens (tertiary/aromatic N) is 2. The molecule has 2 atom stereocenters. The number of imide groups is 1. The number of ether oxygens (including phenoxy) is 1. The number of hydrogen-bond acceptors (Lipinski definition) is 4. The first-order valence-corrected chi connectivity index (χ1v) is 8.19. The molecule has 1 N–H and O–H groups in total. The predicted molar refractivity (Wildman–Crippen MR) is 83.5 cm³/mol. The Balaban J connectivity index is 1.50. The molecule has 7 heteroatoms. The lowest BCUT2D eigenvalue weighted by molar-refractivity contribution is -0.130. The van der Waals surface area contributed by atoms with Crippen molar-refractivity contribution in [2.24, 2.45) is 0 Å². The fourth-order valence-corrected chi connectivity index (χ4v) is 3.20. The number of rotatable bonds is 6. The summed E-state index contributed by atoms with van der Waals surface area (Å²) in [5.74, 6) is -0.610. The Bertz CT molecular complexity index is 600. The monoisotopic (exact) mass is 336 g/mol. The highest BCUT2D eigenvalue weighted by molar-refractivity contribution is 6.04. The molecule has 2 heterocycles. The molecule has 2 aliphatic heterocycles. The van der Waals surface area contributed by atoms with E-state index in [0.29, 0.717) is 18.5 Å². The van der Waals surface area contributed by atoms with Gasteiger partial charge in [0.15, 0.2) is 0 Å². The van der Waals surface area contributed by atoms with Gasteiger partial charge in [0.05, 0.1) is 25.9 Å². The number of aliphatic hydroxyl groups excluding tert-OH is 1. The molecule has 24 heavy (non-hydrogen) atoms. The summed E-state index contributed by atoms with van der Waals surface area (Å²) in [6.07, 6.45) is 1.52. The molecule has 6 nitrogen and oxygen atoms in total. The molecule has 3 amide bonds. The average molecular weight is 336 g/mol. The number of β-amino-alcohol motifs (C(OH)–C–C–N with tert-alkyl or cyclic N) is 1. The fourth-order valence-electron chi connectivity index (χ4n) is 3.20. The van der Waals surface area contributed by atoms with Crippen molar-refractivity contribution in [2.75, 3.05) is 19.7 Å². The van der Waals surface area contributed by atoms with Gasteiger partial charge in [0, 0.05) is 12.1 Å². The molecule has 0 saturated carbocycles. The lowest BCUT2D eigenvalue weighted by Gasteiger charge is -2.26. The van der Waals surface area contributed by atoms with E-state index in [2.05, 4.69) is 0 Å². The van der Waals surface area contributed by atoms with Gasteiger partial charge < -0.3 is 14.7 Å². The van der Waals surface area contributed by atoms with Gasteiger partial charge in [0.1, 0.15) is 11.9 Å². The molecule has 130 valence electrons. The summed E-state index contributed by atoms with van der Waals surface area (Å²) >= 11 is 0. The van der Waals surface area contributed by atoms with E-state index in [1.165, 1.54) is 6.07 Å². The molecule has 1 aromatic rings. The molecule has 3 rings (SSSR count). The first kappa shape index (κ1) is 16.9. The molecular weight excluding hydrogens is 315 g/mol. The standard InChI is InChI=1S/C17H21FN2O4/c18-14-6-2-1-5-12(14)10-24-11-13(21)9-20-16(22)15-7-3-4-8-19(15)17(20)23/h1-2,5-6,13,15,21H,3-4,7-11H2/t13-,15-/m0/s1. The summed E-state index contributed by atoms with van der Waals surface area (Å²) < 4.78 is 18.8. The number of fused-ring (bicyclic) bond motifs is 1. The van der Waals surface area contributed by atoms with Crippen LogP contribution in [0.2, 0.25) is 0 Å². The van der Waals surface area contributed by atoms with Gasteiger partial charge in [0.25, 0.3) is 5.91 Å². The van der Waals surface area contributed by atoms with Crippen LogP contribution < -0.4 is 0 Å². The second kappa shape index (κ2) is 7.27. The Hall–Kier alpha value is -1.99. The van der Waals surface area contributed by atoms with Crippen molar-refractivity contribution < 1.29 is 23.8 Å². The predicted octanol–water partition coefficient (Wildman–Crippen LogP) is 1.52. The normalized spacial score (nSPS) is 22.0. The number of amides is 3. The van der Waals surface area contributed by atoms with E-state index in [4.69, 9.17) is 4.74 Å². The Morgan fingerprint density at radius 1 is 1.29 bits per heavy atom. The third-order valence-corrected chi connectivity index (χ3v) is 4.45. The van der Waals surface area contributed by atoms with Gasteiger partial charge in [-0.2, -0.15) is 0 Å². The zero-order valence-corrected chi connectivity index (χ0v) is 13.4. The minimum atomic E-state index is -0.994. The van der Waals surface area contributed by atoms with Crippen molar-refractivity contribution >= 4 is 11.9 Å². The first-order chi connectivity index (χ1) is 11.6. The number of aliphatic hydroxyl groups is 1. The molecule has 0 spiro atoms. The van der Waals surface area contributed by atoms with Gasteiger partial charge in [-0.05, 0) is 25.3 Å². The van der Waals surface area contributed by atoms with Gasteiger partial charge in [-0.15, -0.1) is 0 Å². The highest BCUT2D eigenvalue weighted by Gasteiger charge is 2.46. The first-order valence-electron chi connectivity index (χ1n) is 8.19. The molecule has 1 aromatic carbocycles. The van der Waals surface area contributed by atoms with Crippen LogP contribution >= 0.6 is 0 Å². The number of benzene rings is 1. The molecule has 0 aliphatic carbocycles. The van der Waals surface area contributed by atoms with Crippen LogP contribution in [0.1, 0.15) is 24.8 Å². The van der Waals surface area contributed by atoms with Crippen LogP contribution in [-0.2, 0) is 16.1 Å². The van der Waals surface area contributed by atoms with E-state index in [1.54, 1.807) is 23.1 Å². The van der Waals surface area contributed by atoms with E-state index in [9.17, 15) is 19.1 Å². The molecule has 0 radical (unpaired) electrons. The maximum atomic E-state index is 13.5. The van der Waals surface area contributed by atoms with Crippen LogP contribution in [0.5, 0.6) is 0 Å². The van der Waals surface area contributed by atoms with Gasteiger partial charge in [-0.3, -0.25) is 9.69 Å². The molecular formula is C17H21FN2O4. The van der Waals surface area contributed by atoms with Crippen molar-refractivity contribution in [3.63, 3.8) is 0 Å². The van der Waals surface area contributed by atoms with E-state index in [1.807, 2.05) is 0 Å². The summed E-state index contributed by atoms with van der Waals surface area (Å²) in [5, 5.41) is 10.0. The third kappa shape index (κ3) is 3.42. The Morgan fingerprint density at radius 2 is 2.08 bits per heavy atom.